The fourth-order valence-electron chi connectivity index (χ4n) is 1.50. The fraction of sp³-hybridized carbons (Fsp3) is 0.0833. The van der Waals surface area contributed by atoms with Crippen molar-refractivity contribution >= 4 is 17.3 Å². The topological polar surface area (TPSA) is 37.3 Å². The van der Waals surface area contributed by atoms with Crippen LogP contribution in [0.25, 0.3) is 0 Å². The Balaban J connectivity index is 2.27. The zero-order valence-corrected chi connectivity index (χ0v) is 9.13. The molecule has 0 saturated carbocycles. The van der Waals surface area contributed by atoms with E-state index >= 15 is 0 Å². The van der Waals surface area contributed by atoms with E-state index in [4.69, 9.17) is 5.11 Å². The molecule has 0 atom stereocenters. The Morgan fingerprint density at radius 1 is 1.38 bits per heavy atom. The molecule has 16 heavy (non-hydrogen) atoms. The van der Waals surface area contributed by atoms with Crippen molar-refractivity contribution in [2.75, 3.05) is 0 Å². The van der Waals surface area contributed by atoms with Gasteiger partial charge in [0.05, 0.1) is 5.56 Å². The smallest absolute Gasteiger partial charge is 0.336 e. The second-order valence-electron chi connectivity index (χ2n) is 3.37. The van der Waals surface area contributed by atoms with Gasteiger partial charge in [-0.3, -0.25) is 0 Å². The molecule has 0 amide bonds. The predicted octanol–water partition coefficient (Wildman–Crippen LogP) is 3.18. The maximum absolute atomic E-state index is 12.9. The first-order valence-electron chi connectivity index (χ1n) is 4.71. The highest BCUT2D eigenvalue weighted by molar-refractivity contribution is 7.10. The molecule has 2 aromatic rings. The average Bonchev–Trinajstić information content (AvgIpc) is 2.66. The SMILES string of the molecule is O=C(O)c1ccsc1Cc1cccc(F)c1. The van der Waals surface area contributed by atoms with Gasteiger partial charge in [-0.1, -0.05) is 12.1 Å². The molecule has 82 valence electrons. The van der Waals surface area contributed by atoms with Crippen LogP contribution in [0.3, 0.4) is 0 Å². The lowest BCUT2D eigenvalue weighted by Crippen LogP contribution is -1.98. The van der Waals surface area contributed by atoms with Crippen LogP contribution in [0.4, 0.5) is 4.39 Å². The van der Waals surface area contributed by atoms with Gasteiger partial charge in [-0.15, -0.1) is 11.3 Å². The summed E-state index contributed by atoms with van der Waals surface area (Å²) in [5, 5.41) is 10.7. The summed E-state index contributed by atoms with van der Waals surface area (Å²) < 4.78 is 12.9. The van der Waals surface area contributed by atoms with E-state index in [1.807, 2.05) is 0 Å². The highest BCUT2D eigenvalue weighted by Crippen LogP contribution is 2.21. The third-order valence-corrected chi connectivity index (χ3v) is 3.15. The second-order valence-corrected chi connectivity index (χ2v) is 4.37. The molecule has 0 saturated heterocycles. The van der Waals surface area contributed by atoms with Crippen molar-refractivity contribution < 1.29 is 14.3 Å². The second kappa shape index (κ2) is 4.45. The van der Waals surface area contributed by atoms with Gasteiger partial charge in [-0.05, 0) is 29.1 Å². The maximum Gasteiger partial charge on any atom is 0.336 e. The van der Waals surface area contributed by atoms with E-state index in [1.165, 1.54) is 23.5 Å². The van der Waals surface area contributed by atoms with E-state index < -0.39 is 5.97 Å². The number of hydrogen-bond donors (Lipinski definition) is 1. The zero-order valence-electron chi connectivity index (χ0n) is 8.31. The van der Waals surface area contributed by atoms with Crippen molar-refractivity contribution in [1.82, 2.24) is 0 Å². The summed E-state index contributed by atoms with van der Waals surface area (Å²) in [6.45, 7) is 0. The van der Waals surface area contributed by atoms with Crippen LogP contribution in [-0.4, -0.2) is 11.1 Å². The van der Waals surface area contributed by atoms with E-state index in [9.17, 15) is 9.18 Å². The van der Waals surface area contributed by atoms with Crippen LogP contribution >= 0.6 is 11.3 Å². The molecule has 0 bridgehead atoms. The Morgan fingerprint density at radius 3 is 2.88 bits per heavy atom. The molecule has 0 spiro atoms. The molecule has 2 nitrogen and oxygen atoms in total. The first-order valence-corrected chi connectivity index (χ1v) is 5.59. The van der Waals surface area contributed by atoms with Crippen LogP contribution in [0.5, 0.6) is 0 Å². The number of carbonyl (C=O) groups is 1. The number of carboxylic acid groups (broad SMARTS) is 1. The van der Waals surface area contributed by atoms with E-state index in [0.29, 0.717) is 12.0 Å². The summed E-state index contributed by atoms with van der Waals surface area (Å²) in [5.74, 6) is -1.24. The summed E-state index contributed by atoms with van der Waals surface area (Å²) >= 11 is 1.38. The summed E-state index contributed by atoms with van der Waals surface area (Å²) in [6, 6.07) is 7.77. The Labute approximate surface area is 96.0 Å². The van der Waals surface area contributed by atoms with Crippen molar-refractivity contribution in [3.63, 3.8) is 0 Å². The molecular weight excluding hydrogens is 227 g/mol. The van der Waals surface area contributed by atoms with Crippen LogP contribution in [0, 0.1) is 5.82 Å². The molecule has 2 rings (SSSR count). The molecular formula is C12H9FO2S. The molecule has 0 fully saturated rings. The largest absolute Gasteiger partial charge is 0.478 e. The van der Waals surface area contributed by atoms with Crippen LogP contribution in [0.15, 0.2) is 35.7 Å². The van der Waals surface area contributed by atoms with Gasteiger partial charge in [0.1, 0.15) is 5.82 Å². The Hall–Kier alpha value is -1.68. The molecule has 1 heterocycles. The minimum absolute atomic E-state index is 0.300. The summed E-state index contributed by atoms with van der Waals surface area (Å²) in [5.41, 5.74) is 1.08. The lowest BCUT2D eigenvalue weighted by molar-refractivity contribution is 0.0696. The molecule has 0 aliphatic rings. The van der Waals surface area contributed by atoms with Gasteiger partial charge >= 0.3 is 5.97 Å². The molecule has 1 N–H and O–H groups in total. The summed E-state index contributed by atoms with van der Waals surface area (Å²) in [6.07, 6.45) is 0.455. The molecule has 0 radical (unpaired) electrons. The lowest BCUT2D eigenvalue weighted by atomic mass is 10.1. The van der Waals surface area contributed by atoms with Crippen LogP contribution in [0.1, 0.15) is 20.8 Å². The normalized spacial score (nSPS) is 10.3. The molecule has 1 aromatic carbocycles. The quantitative estimate of drug-likeness (QED) is 0.888. The maximum atomic E-state index is 12.9. The van der Waals surface area contributed by atoms with Crippen molar-refractivity contribution in [3.8, 4) is 0 Å². The monoisotopic (exact) mass is 236 g/mol. The molecule has 0 aliphatic carbocycles. The van der Waals surface area contributed by atoms with E-state index in [0.717, 1.165) is 10.4 Å². The van der Waals surface area contributed by atoms with E-state index in [1.54, 1.807) is 23.6 Å². The number of thiophene rings is 1. The predicted molar refractivity (Wildman–Crippen MR) is 60.5 cm³/mol. The number of halogens is 1. The van der Waals surface area contributed by atoms with Gasteiger partial charge in [0.25, 0.3) is 0 Å². The highest BCUT2D eigenvalue weighted by atomic mass is 32.1. The van der Waals surface area contributed by atoms with E-state index in [2.05, 4.69) is 0 Å². The standard InChI is InChI=1S/C12H9FO2S/c13-9-3-1-2-8(6-9)7-11-10(12(14)15)4-5-16-11/h1-6H,7H2,(H,14,15). The summed E-state index contributed by atoms with van der Waals surface area (Å²) in [7, 11) is 0. The van der Waals surface area contributed by atoms with E-state index in [-0.39, 0.29) is 5.82 Å². The molecule has 1 aromatic heterocycles. The third kappa shape index (κ3) is 2.28. The van der Waals surface area contributed by atoms with Crippen molar-refractivity contribution in [2.45, 2.75) is 6.42 Å². The van der Waals surface area contributed by atoms with Crippen LogP contribution in [0.2, 0.25) is 0 Å². The van der Waals surface area contributed by atoms with Gasteiger partial charge in [-0.25, -0.2) is 9.18 Å². The highest BCUT2D eigenvalue weighted by Gasteiger charge is 2.11. The van der Waals surface area contributed by atoms with Gasteiger partial charge < -0.3 is 5.11 Å². The van der Waals surface area contributed by atoms with Gasteiger partial charge in [0.2, 0.25) is 0 Å². The van der Waals surface area contributed by atoms with Crippen LogP contribution in [-0.2, 0) is 6.42 Å². The number of aromatic carboxylic acids is 1. The summed E-state index contributed by atoms with van der Waals surface area (Å²) in [4.78, 5) is 11.6. The first-order chi connectivity index (χ1) is 7.66. The number of rotatable bonds is 3. The van der Waals surface area contributed by atoms with Crippen LogP contribution < -0.4 is 0 Å². The first kappa shape index (κ1) is 10.8. The molecule has 4 heteroatoms. The molecule has 0 aliphatic heterocycles. The number of carboxylic acids is 1. The van der Waals surface area contributed by atoms with Gasteiger partial charge in [0, 0.05) is 11.3 Å². The van der Waals surface area contributed by atoms with Gasteiger partial charge in [-0.2, -0.15) is 0 Å². The zero-order chi connectivity index (χ0) is 11.5. The minimum atomic E-state index is -0.937. The molecule has 0 unspecified atom stereocenters. The minimum Gasteiger partial charge on any atom is -0.478 e. The Kier molecular flexibility index (Phi) is 3.01. The van der Waals surface area contributed by atoms with Crippen molar-refractivity contribution in [2.24, 2.45) is 0 Å². The van der Waals surface area contributed by atoms with Gasteiger partial charge in [0.15, 0.2) is 0 Å². The Morgan fingerprint density at radius 2 is 2.19 bits per heavy atom. The lowest BCUT2D eigenvalue weighted by Gasteiger charge is -2.00. The van der Waals surface area contributed by atoms with Crippen molar-refractivity contribution in [1.29, 1.82) is 0 Å². The number of hydrogen-bond acceptors (Lipinski definition) is 2. The average molecular weight is 236 g/mol. The fourth-order valence-corrected chi connectivity index (χ4v) is 2.40. The Bertz CT molecular complexity index is 519. The van der Waals surface area contributed by atoms with Crippen molar-refractivity contribution in [3.05, 3.63) is 57.5 Å². The number of benzene rings is 1. The third-order valence-electron chi connectivity index (χ3n) is 2.23.